The average molecular weight is 542 g/mol. The van der Waals surface area contributed by atoms with E-state index in [1.165, 1.54) is 6.92 Å². The summed E-state index contributed by atoms with van der Waals surface area (Å²) in [6.45, 7) is 2.97. The molecule has 2 aromatic carbocycles. The molecule has 2 N–H and O–H groups in total. The van der Waals surface area contributed by atoms with Crippen molar-refractivity contribution in [3.05, 3.63) is 64.7 Å². The highest BCUT2D eigenvalue weighted by Gasteiger charge is 2.38. The molecule has 11 heteroatoms. The predicted octanol–water partition coefficient (Wildman–Crippen LogP) is 5.61. The highest BCUT2D eigenvalue weighted by Crippen LogP contribution is 2.38. The highest BCUT2D eigenvalue weighted by atomic mass is 19.4. The Morgan fingerprint density at radius 2 is 1.53 bits per heavy atom. The summed E-state index contributed by atoms with van der Waals surface area (Å²) in [5.74, 6) is -1.51. The van der Waals surface area contributed by atoms with Gasteiger partial charge in [-0.25, -0.2) is 0 Å². The number of halogens is 6. The number of rotatable bonds is 5. The molecule has 0 bridgehead atoms. The van der Waals surface area contributed by atoms with Crippen LogP contribution in [0, 0.1) is 0 Å². The van der Waals surface area contributed by atoms with Gasteiger partial charge in [-0.05, 0) is 80.0 Å². The van der Waals surface area contributed by atoms with Gasteiger partial charge in [-0.1, -0.05) is 12.1 Å². The van der Waals surface area contributed by atoms with E-state index >= 15 is 0 Å². The van der Waals surface area contributed by atoms with E-state index in [0.29, 0.717) is 38.1 Å². The van der Waals surface area contributed by atoms with Crippen LogP contribution in [-0.4, -0.2) is 37.5 Å². The first-order chi connectivity index (χ1) is 17.8. The summed E-state index contributed by atoms with van der Waals surface area (Å²) in [7, 11) is 0. The topological polar surface area (TPSA) is 61.4 Å². The van der Waals surface area contributed by atoms with Gasteiger partial charge in [0, 0.05) is 24.8 Å². The van der Waals surface area contributed by atoms with Gasteiger partial charge in [0.05, 0.1) is 23.6 Å². The van der Waals surface area contributed by atoms with Crippen molar-refractivity contribution in [3.63, 3.8) is 0 Å². The number of amides is 2. The van der Waals surface area contributed by atoms with Crippen molar-refractivity contribution in [1.29, 1.82) is 0 Å². The van der Waals surface area contributed by atoms with Crippen molar-refractivity contribution in [3.8, 4) is 0 Å². The van der Waals surface area contributed by atoms with E-state index in [1.807, 2.05) is 24.3 Å². The monoisotopic (exact) mass is 541 g/mol. The van der Waals surface area contributed by atoms with Gasteiger partial charge in [0.2, 0.25) is 11.8 Å². The van der Waals surface area contributed by atoms with Crippen LogP contribution in [0.2, 0.25) is 0 Å². The fourth-order valence-electron chi connectivity index (χ4n) is 5.08. The van der Waals surface area contributed by atoms with Crippen LogP contribution in [0.15, 0.2) is 42.5 Å². The predicted molar refractivity (Wildman–Crippen MR) is 130 cm³/mol. The van der Waals surface area contributed by atoms with Crippen molar-refractivity contribution in [2.75, 3.05) is 24.5 Å². The molecule has 0 spiro atoms. The lowest BCUT2D eigenvalue weighted by molar-refractivity contribution is -0.143. The Bertz CT molecular complexity index is 1120. The molecule has 4 rings (SSSR count). The van der Waals surface area contributed by atoms with Crippen molar-refractivity contribution >= 4 is 17.5 Å². The molecule has 2 aliphatic rings. The summed E-state index contributed by atoms with van der Waals surface area (Å²) in [6.07, 6.45) is -7.12. The molecule has 0 radical (unpaired) electrons. The zero-order valence-corrected chi connectivity index (χ0v) is 20.8. The number of carbonyl (C=O) groups excluding carboxylic acids is 2. The largest absolute Gasteiger partial charge is 0.416 e. The zero-order chi connectivity index (χ0) is 27.7. The lowest BCUT2D eigenvalue weighted by Crippen LogP contribution is -2.48. The van der Waals surface area contributed by atoms with Crippen LogP contribution >= 0.6 is 0 Å². The molecular formula is C27H29F6N3O2. The third kappa shape index (κ3) is 6.48. The third-order valence-corrected chi connectivity index (χ3v) is 7.34. The summed E-state index contributed by atoms with van der Waals surface area (Å²) in [6, 6.07) is 8.92. The summed E-state index contributed by atoms with van der Waals surface area (Å²) >= 11 is 0. The molecule has 38 heavy (non-hydrogen) atoms. The van der Waals surface area contributed by atoms with Gasteiger partial charge in [0.15, 0.2) is 0 Å². The maximum Gasteiger partial charge on any atom is 0.416 e. The molecule has 1 saturated heterocycles. The molecule has 2 fully saturated rings. The number of anilines is 1. The lowest BCUT2D eigenvalue weighted by atomic mass is 9.81. The fourth-order valence-corrected chi connectivity index (χ4v) is 5.08. The maximum absolute atomic E-state index is 13.2. The number of hydrogen-bond donors (Lipinski definition) is 2. The zero-order valence-electron chi connectivity index (χ0n) is 20.8. The summed E-state index contributed by atoms with van der Waals surface area (Å²) in [4.78, 5) is 26.6. The molecule has 1 aliphatic heterocycles. The van der Waals surface area contributed by atoms with Crippen LogP contribution in [-0.2, 0) is 21.9 Å². The van der Waals surface area contributed by atoms with E-state index in [4.69, 9.17) is 0 Å². The summed E-state index contributed by atoms with van der Waals surface area (Å²) in [5.41, 5.74) is -1.23. The minimum atomic E-state index is -4.97. The van der Waals surface area contributed by atoms with Crippen LogP contribution in [0.1, 0.15) is 66.7 Å². The number of hydrogen-bond acceptors (Lipinski definition) is 3. The Morgan fingerprint density at radius 1 is 0.947 bits per heavy atom. The van der Waals surface area contributed by atoms with Crippen molar-refractivity contribution < 1.29 is 35.9 Å². The van der Waals surface area contributed by atoms with E-state index < -0.39 is 35.3 Å². The smallest absolute Gasteiger partial charge is 0.353 e. The molecule has 0 aromatic heterocycles. The van der Waals surface area contributed by atoms with Crippen LogP contribution in [0.4, 0.5) is 32.0 Å². The van der Waals surface area contributed by atoms with E-state index in [0.717, 1.165) is 30.6 Å². The minimum Gasteiger partial charge on any atom is -0.353 e. The second kappa shape index (κ2) is 11.0. The average Bonchev–Trinajstić information content (AvgIpc) is 2.88. The van der Waals surface area contributed by atoms with Crippen molar-refractivity contribution in [2.24, 2.45) is 0 Å². The quantitative estimate of drug-likeness (QED) is 0.484. The third-order valence-electron chi connectivity index (χ3n) is 7.34. The van der Waals surface area contributed by atoms with Crippen molar-refractivity contribution in [2.45, 2.75) is 62.8 Å². The molecule has 2 aromatic rings. The first-order valence-electron chi connectivity index (χ1n) is 12.5. The molecular weight excluding hydrogens is 512 g/mol. The first-order valence-corrected chi connectivity index (χ1v) is 12.5. The standard InChI is InChI=1S/C27H29F6N3O2/c1-16(19-12-20(26(28,29)30)14-21(13-19)27(31,32)33)25(38)35-22-6-2-17(3-7-22)18-4-8-23(9-5-18)36-11-10-34-15-24(36)37/h4-5,8-9,12-14,16-17,22,34H,2-3,6-7,10-11,15H2,1H3,(H,35,38). The van der Waals surface area contributed by atoms with Gasteiger partial charge in [-0.3, -0.25) is 9.59 Å². The number of benzene rings is 2. The molecule has 1 saturated carbocycles. The fraction of sp³-hybridized carbons (Fsp3) is 0.481. The van der Waals surface area contributed by atoms with Crippen LogP contribution in [0.3, 0.4) is 0 Å². The van der Waals surface area contributed by atoms with E-state index in [1.54, 1.807) is 4.90 Å². The molecule has 5 nitrogen and oxygen atoms in total. The van der Waals surface area contributed by atoms with Crippen molar-refractivity contribution in [1.82, 2.24) is 10.6 Å². The van der Waals surface area contributed by atoms with Gasteiger partial charge in [-0.2, -0.15) is 26.3 Å². The normalized spacial score (nSPS) is 21.8. The van der Waals surface area contributed by atoms with Crippen LogP contribution in [0.25, 0.3) is 0 Å². The minimum absolute atomic E-state index is 0.0224. The number of nitrogens with zero attached hydrogens (tertiary/aromatic N) is 1. The Labute approximate surface area is 216 Å². The number of alkyl halides is 6. The maximum atomic E-state index is 13.2. The summed E-state index contributed by atoms with van der Waals surface area (Å²) < 4.78 is 79.2. The second-order valence-electron chi connectivity index (χ2n) is 9.93. The Hall–Kier alpha value is -3.08. The molecule has 1 unspecified atom stereocenters. The molecule has 1 heterocycles. The molecule has 1 atom stereocenters. The number of piperazine rings is 1. The van der Waals surface area contributed by atoms with E-state index in [9.17, 15) is 35.9 Å². The Balaban J connectivity index is 1.36. The SMILES string of the molecule is CC(C(=O)NC1CCC(c2ccc(N3CCNCC3=O)cc2)CC1)c1cc(C(F)(F)F)cc(C(F)(F)F)c1. The number of nitrogens with one attached hydrogen (secondary N) is 2. The lowest BCUT2D eigenvalue weighted by Gasteiger charge is -2.31. The van der Waals surface area contributed by atoms with Crippen LogP contribution < -0.4 is 15.5 Å². The first kappa shape index (κ1) is 27.9. The van der Waals surface area contributed by atoms with E-state index in [2.05, 4.69) is 10.6 Å². The second-order valence-corrected chi connectivity index (χ2v) is 9.93. The molecule has 1 aliphatic carbocycles. The summed E-state index contributed by atoms with van der Waals surface area (Å²) in [5, 5.41) is 5.85. The van der Waals surface area contributed by atoms with Gasteiger partial charge >= 0.3 is 12.4 Å². The van der Waals surface area contributed by atoms with Gasteiger partial charge in [0.25, 0.3) is 0 Å². The van der Waals surface area contributed by atoms with Crippen LogP contribution in [0.5, 0.6) is 0 Å². The Kier molecular flexibility index (Phi) is 8.06. The number of carbonyl (C=O) groups is 2. The van der Waals surface area contributed by atoms with Gasteiger partial charge in [-0.15, -0.1) is 0 Å². The van der Waals surface area contributed by atoms with Gasteiger partial charge < -0.3 is 15.5 Å². The van der Waals surface area contributed by atoms with E-state index in [-0.39, 0.29) is 29.5 Å². The van der Waals surface area contributed by atoms with Gasteiger partial charge in [0.1, 0.15) is 0 Å². The molecule has 206 valence electrons. The molecule has 2 amide bonds. The Morgan fingerprint density at radius 3 is 2.05 bits per heavy atom. The highest BCUT2D eigenvalue weighted by molar-refractivity contribution is 5.95.